The first kappa shape index (κ1) is 17.0. The number of carboxylic acids is 1. The fourth-order valence-electron chi connectivity index (χ4n) is 2.62. The molecular weight excluding hydrogens is 290 g/mol. The standard InChI is InChI=1S/C19H23NO3/c1-14-6-4-5-7-17(14)15-8-9-18(23-3)16(12-15)13-20(2)11-10-19(21)22/h4-9,12H,10-11,13H2,1-3H3,(H,21,22). The molecule has 0 atom stereocenters. The SMILES string of the molecule is COc1ccc(-c2ccccc2C)cc1CN(C)CCC(=O)O. The molecule has 0 spiro atoms. The summed E-state index contributed by atoms with van der Waals surface area (Å²) in [4.78, 5) is 12.7. The molecule has 0 radical (unpaired) electrons. The molecule has 0 saturated heterocycles. The summed E-state index contributed by atoms with van der Waals surface area (Å²) >= 11 is 0. The molecule has 1 N–H and O–H groups in total. The third-order valence-corrected chi connectivity index (χ3v) is 3.88. The molecule has 0 aromatic heterocycles. The first-order valence-corrected chi connectivity index (χ1v) is 7.64. The lowest BCUT2D eigenvalue weighted by Gasteiger charge is -2.18. The zero-order valence-electron chi connectivity index (χ0n) is 13.9. The maximum atomic E-state index is 10.7. The van der Waals surface area contributed by atoms with Gasteiger partial charge in [0.25, 0.3) is 0 Å². The maximum absolute atomic E-state index is 10.7. The molecule has 0 fully saturated rings. The Bertz CT molecular complexity index is 682. The molecule has 4 heteroatoms. The first-order chi connectivity index (χ1) is 11.0. The summed E-state index contributed by atoms with van der Waals surface area (Å²) < 4.78 is 5.45. The normalized spacial score (nSPS) is 10.8. The quantitative estimate of drug-likeness (QED) is 0.849. The predicted octanol–water partition coefficient (Wildman–Crippen LogP) is 3.58. The molecule has 23 heavy (non-hydrogen) atoms. The average Bonchev–Trinajstić information content (AvgIpc) is 2.53. The molecule has 0 unspecified atom stereocenters. The van der Waals surface area contributed by atoms with E-state index in [1.54, 1.807) is 7.11 Å². The van der Waals surface area contributed by atoms with Gasteiger partial charge in [-0.1, -0.05) is 30.3 Å². The number of benzene rings is 2. The predicted molar refractivity (Wildman–Crippen MR) is 91.8 cm³/mol. The Morgan fingerprint density at radius 3 is 2.61 bits per heavy atom. The summed E-state index contributed by atoms with van der Waals surface area (Å²) in [7, 11) is 3.58. The van der Waals surface area contributed by atoms with E-state index in [0.717, 1.165) is 16.9 Å². The second-order valence-electron chi connectivity index (χ2n) is 5.72. The fraction of sp³-hybridized carbons (Fsp3) is 0.316. The van der Waals surface area contributed by atoms with E-state index in [1.807, 2.05) is 30.1 Å². The van der Waals surface area contributed by atoms with Gasteiger partial charge in [0, 0.05) is 18.7 Å². The number of aryl methyl sites for hydroxylation is 1. The van der Waals surface area contributed by atoms with Crippen molar-refractivity contribution in [1.29, 1.82) is 0 Å². The zero-order valence-corrected chi connectivity index (χ0v) is 13.9. The highest BCUT2D eigenvalue weighted by molar-refractivity contribution is 5.69. The summed E-state index contributed by atoms with van der Waals surface area (Å²) in [6.45, 7) is 3.25. The van der Waals surface area contributed by atoms with Crippen molar-refractivity contribution in [1.82, 2.24) is 4.90 Å². The highest BCUT2D eigenvalue weighted by atomic mass is 16.5. The number of aliphatic carboxylic acids is 1. The highest BCUT2D eigenvalue weighted by Gasteiger charge is 2.10. The third kappa shape index (κ3) is 4.57. The number of hydrogen-bond acceptors (Lipinski definition) is 3. The molecule has 0 aliphatic carbocycles. The zero-order chi connectivity index (χ0) is 16.8. The summed E-state index contributed by atoms with van der Waals surface area (Å²) in [6, 6.07) is 14.4. The van der Waals surface area contributed by atoms with E-state index in [0.29, 0.717) is 13.1 Å². The Morgan fingerprint density at radius 2 is 1.96 bits per heavy atom. The van der Waals surface area contributed by atoms with E-state index in [-0.39, 0.29) is 6.42 Å². The summed E-state index contributed by atoms with van der Waals surface area (Å²) in [5, 5.41) is 8.80. The van der Waals surface area contributed by atoms with Crippen LogP contribution >= 0.6 is 0 Å². The van der Waals surface area contributed by atoms with E-state index in [4.69, 9.17) is 9.84 Å². The van der Waals surface area contributed by atoms with Crippen LogP contribution in [-0.4, -0.2) is 36.7 Å². The van der Waals surface area contributed by atoms with Crippen molar-refractivity contribution in [2.24, 2.45) is 0 Å². The van der Waals surface area contributed by atoms with Gasteiger partial charge in [0.1, 0.15) is 5.75 Å². The molecule has 0 heterocycles. The van der Waals surface area contributed by atoms with Crippen LogP contribution in [0.2, 0.25) is 0 Å². The van der Waals surface area contributed by atoms with Gasteiger partial charge >= 0.3 is 5.97 Å². The number of nitrogens with zero attached hydrogens (tertiary/aromatic N) is 1. The summed E-state index contributed by atoms with van der Waals surface area (Å²) in [5.41, 5.74) is 4.62. The topological polar surface area (TPSA) is 49.8 Å². The van der Waals surface area contributed by atoms with Gasteiger partial charge in [-0.15, -0.1) is 0 Å². The van der Waals surface area contributed by atoms with Gasteiger partial charge in [0.2, 0.25) is 0 Å². The number of hydrogen-bond donors (Lipinski definition) is 1. The minimum Gasteiger partial charge on any atom is -0.496 e. The smallest absolute Gasteiger partial charge is 0.304 e. The fourth-order valence-corrected chi connectivity index (χ4v) is 2.62. The largest absolute Gasteiger partial charge is 0.496 e. The number of rotatable bonds is 7. The number of methoxy groups -OCH3 is 1. The van der Waals surface area contributed by atoms with Gasteiger partial charge < -0.3 is 14.7 Å². The lowest BCUT2D eigenvalue weighted by molar-refractivity contribution is -0.137. The van der Waals surface area contributed by atoms with Crippen LogP contribution in [0.3, 0.4) is 0 Å². The second kappa shape index (κ2) is 7.79. The number of carbonyl (C=O) groups is 1. The minimum atomic E-state index is -0.780. The Morgan fingerprint density at radius 1 is 1.22 bits per heavy atom. The van der Waals surface area contributed by atoms with Crippen LogP contribution in [0.15, 0.2) is 42.5 Å². The monoisotopic (exact) mass is 313 g/mol. The summed E-state index contributed by atoms with van der Waals surface area (Å²) in [5.74, 6) is 0.0435. The third-order valence-electron chi connectivity index (χ3n) is 3.88. The van der Waals surface area contributed by atoms with Crippen molar-refractivity contribution in [2.75, 3.05) is 20.7 Å². The maximum Gasteiger partial charge on any atom is 0.304 e. The van der Waals surface area contributed by atoms with E-state index in [1.165, 1.54) is 11.1 Å². The molecule has 0 aliphatic rings. The van der Waals surface area contributed by atoms with Crippen molar-refractivity contribution in [3.63, 3.8) is 0 Å². The molecule has 2 aromatic rings. The Balaban J connectivity index is 2.26. The number of carboxylic acid groups (broad SMARTS) is 1. The molecule has 0 bridgehead atoms. The minimum absolute atomic E-state index is 0.135. The molecular formula is C19H23NO3. The molecule has 122 valence electrons. The highest BCUT2D eigenvalue weighted by Crippen LogP contribution is 2.29. The molecule has 2 rings (SSSR count). The lowest BCUT2D eigenvalue weighted by Crippen LogP contribution is -2.21. The Kier molecular flexibility index (Phi) is 5.77. The average molecular weight is 313 g/mol. The molecule has 4 nitrogen and oxygen atoms in total. The molecule has 0 amide bonds. The van der Waals surface area contributed by atoms with Gasteiger partial charge in [-0.25, -0.2) is 0 Å². The van der Waals surface area contributed by atoms with Gasteiger partial charge in [-0.2, -0.15) is 0 Å². The molecule has 0 aliphatic heterocycles. The molecule has 0 saturated carbocycles. The van der Waals surface area contributed by atoms with Crippen LogP contribution < -0.4 is 4.74 Å². The van der Waals surface area contributed by atoms with Crippen LogP contribution in [0.25, 0.3) is 11.1 Å². The van der Waals surface area contributed by atoms with Crippen LogP contribution in [0.4, 0.5) is 0 Å². The number of ether oxygens (including phenoxy) is 1. The van der Waals surface area contributed by atoms with Crippen LogP contribution in [-0.2, 0) is 11.3 Å². The lowest BCUT2D eigenvalue weighted by atomic mass is 9.98. The van der Waals surface area contributed by atoms with E-state index in [2.05, 4.69) is 31.2 Å². The van der Waals surface area contributed by atoms with Crippen molar-refractivity contribution >= 4 is 5.97 Å². The van der Waals surface area contributed by atoms with E-state index >= 15 is 0 Å². The van der Waals surface area contributed by atoms with Crippen molar-refractivity contribution in [3.05, 3.63) is 53.6 Å². The summed E-state index contributed by atoms with van der Waals surface area (Å²) in [6.07, 6.45) is 0.135. The van der Waals surface area contributed by atoms with Gasteiger partial charge in [-0.05, 0) is 42.8 Å². The van der Waals surface area contributed by atoms with Gasteiger partial charge in [0.05, 0.1) is 13.5 Å². The van der Waals surface area contributed by atoms with Crippen molar-refractivity contribution < 1.29 is 14.6 Å². The van der Waals surface area contributed by atoms with Crippen molar-refractivity contribution in [3.8, 4) is 16.9 Å². The first-order valence-electron chi connectivity index (χ1n) is 7.64. The van der Waals surface area contributed by atoms with Crippen molar-refractivity contribution in [2.45, 2.75) is 19.9 Å². The second-order valence-corrected chi connectivity index (χ2v) is 5.72. The van der Waals surface area contributed by atoms with Crippen LogP contribution in [0.1, 0.15) is 17.5 Å². The van der Waals surface area contributed by atoms with E-state index < -0.39 is 5.97 Å². The van der Waals surface area contributed by atoms with Crippen LogP contribution in [0.5, 0.6) is 5.75 Å². The van der Waals surface area contributed by atoms with Crippen LogP contribution in [0, 0.1) is 6.92 Å². The Hall–Kier alpha value is -2.33. The Labute approximate surface area is 137 Å². The van der Waals surface area contributed by atoms with Gasteiger partial charge in [0.15, 0.2) is 0 Å². The van der Waals surface area contributed by atoms with E-state index in [9.17, 15) is 4.79 Å². The molecule has 2 aromatic carbocycles. The van der Waals surface area contributed by atoms with Gasteiger partial charge in [-0.3, -0.25) is 4.79 Å².